The second-order valence-corrected chi connectivity index (χ2v) is 3.79. The van der Waals surface area contributed by atoms with Crippen LogP contribution in [0.2, 0.25) is 0 Å². The highest BCUT2D eigenvalue weighted by atomic mass is 16.5. The van der Waals surface area contributed by atoms with Gasteiger partial charge >= 0.3 is 5.97 Å². The Kier molecular flexibility index (Phi) is 5.72. The molecule has 0 aliphatic carbocycles. The zero-order valence-electron chi connectivity index (χ0n) is 9.72. The van der Waals surface area contributed by atoms with Crippen molar-refractivity contribution in [3.05, 3.63) is 0 Å². The van der Waals surface area contributed by atoms with Gasteiger partial charge in [0.05, 0.1) is 19.3 Å². The van der Waals surface area contributed by atoms with E-state index in [0.717, 1.165) is 6.42 Å². The number of nitrogens with one attached hydrogen (secondary N) is 1. The van der Waals surface area contributed by atoms with Gasteiger partial charge in [-0.1, -0.05) is 6.92 Å². The van der Waals surface area contributed by atoms with Crippen molar-refractivity contribution in [3.8, 4) is 0 Å². The van der Waals surface area contributed by atoms with Gasteiger partial charge < -0.3 is 14.8 Å². The quantitative estimate of drug-likeness (QED) is 0.653. The van der Waals surface area contributed by atoms with Gasteiger partial charge in [0.25, 0.3) is 0 Å². The van der Waals surface area contributed by atoms with Crippen molar-refractivity contribution < 1.29 is 14.3 Å². The molecule has 0 saturated heterocycles. The summed E-state index contributed by atoms with van der Waals surface area (Å²) in [6.45, 7) is 6.38. The Morgan fingerprint density at radius 2 is 2.07 bits per heavy atom. The summed E-state index contributed by atoms with van der Waals surface area (Å²) in [4.78, 5) is 11.2. The van der Waals surface area contributed by atoms with E-state index in [1.54, 1.807) is 7.05 Å². The molecule has 0 fully saturated rings. The molecule has 0 aliphatic heterocycles. The Morgan fingerprint density at radius 3 is 2.43 bits per heavy atom. The van der Waals surface area contributed by atoms with E-state index in [9.17, 15) is 4.79 Å². The summed E-state index contributed by atoms with van der Waals surface area (Å²) in [7, 11) is 3.08. The minimum Gasteiger partial charge on any atom is -0.468 e. The van der Waals surface area contributed by atoms with Gasteiger partial charge in [-0.05, 0) is 27.3 Å². The van der Waals surface area contributed by atoms with Crippen LogP contribution in [0.5, 0.6) is 0 Å². The molecule has 1 unspecified atom stereocenters. The van der Waals surface area contributed by atoms with Crippen molar-refractivity contribution in [1.82, 2.24) is 5.32 Å². The largest absolute Gasteiger partial charge is 0.468 e. The van der Waals surface area contributed by atoms with Gasteiger partial charge in [0.15, 0.2) is 0 Å². The number of hydrogen-bond donors (Lipinski definition) is 1. The number of methoxy groups -OCH3 is 1. The SMILES string of the molecule is CCC(C)(C)OCC(NC)C(=O)OC. The molecule has 0 bridgehead atoms. The summed E-state index contributed by atoms with van der Waals surface area (Å²) in [5.41, 5.74) is -0.191. The molecule has 84 valence electrons. The summed E-state index contributed by atoms with van der Waals surface area (Å²) < 4.78 is 10.2. The first kappa shape index (κ1) is 13.4. The highest BCUT2D eigenvalue weighted by Gasteiger charge is 2.22. The van der Waals surface area contributed by atoms with Crippen LogP contribution in [0.1, 0.15) is 27.2 Å². The Morgan fingerprint density at radius 1 is 1.50 bits per heavy atom. The molecule has 1 N–H and O–H groups in total. The lowest BCUT2D eigenvalue weighted by atomic mass is 10.1. The second kappa shape index (κ2) is 5.98. The fraction of sp³-hybridized carbons (Fsp3) is 0.900. The minimum absolute atomic E-state index is 0.191. The van der Waals surface area contributed by atoms with Crippen LogP contribution in [0.4, 0.5) is 0 Å². The summed E-state index contributed by atoms with van der Waals surface area (Å²) in [6.07, 6.45) is 0.907. The van der Waals surface area contributed by atoms with Crippen LogP contribution in [0.25, 0.3) is 0 Å². The fourth-order valence-corrected chi connectivity index (χ4v) is 0.822. The molecule has 4 heteroatoms. The summed E-state index contributed by atoms with van der Waals surface area (Å²) in [6, 6.07) is -0.383. The van der Waals surface area contributed by atoms with E-state index in [-0.39, 0.29) is 17.6 Å². The molecule has 0 aromatic heterocycles. The van der Waals surface area contributed by atoms with E-state index in [1.165, 1.54) is 7.11 Å². The smallest absolute Gasteiger partial charge is 0.325 e. The van der Waals surface area contributed by atoms with Crippen LogP contribution in [0.3, 0.4) is 0 Å². The number of hydrogen-bond acceptors (Lipinski definition) is 4. The van der Waals surface area contributed by atoms with Crippen molar-refractivity contribution in [3.63, 3.8) is 0 Å². The van der Waals surface area contributed by atoms with Crippen molar-refractivity contribution in [2.75, 3.05) is 20.8 Å². The van der Waals surface area contributed by atoms with Crippen LogP contribution in [-0.2, 0) is 14.3 Å². The monoisotopic (exact) mass is 203 g/mol. The van der Waals surface area contributed by atoms with Gasteiger partial charge in [0.2, 0.25) is 0 Å². The van der Waals surface area contributed by atoms with Gasteiger partial charge in [-0.25, -0.2) is 0 Å². The van der Waals surface area contributed by atoms with E-state index < -0.39 is 0 Å². The maximum absolute atomic E-state index is 11.2. The molecule has 0 radical (unpaired) electrons. The van der Waals surface area contributed by atoms with Crippen molar-refractivity contribution in [2.24, 2.45) is 0 Å². The average Bonchev–Trinajstić information content (AvgIpc) is 2.18. The zero-order valence-corrected chi connectivity index (χ0v) is 9.72. The molecule has 0 rings (SSSR count). The maximum Gasteiger partial charge on any atom is 0.325 e. The molecule has 0 aromatic rings. The van der Waals surface area contributed by atoms with Gasteiger partial charge in [-0.15, -0.1) is 0 Å². The van der Waals surface area contributed by atoms with E-state index in [4.69, 9.17) is 4.74 Å². The highest BCUT2D eigenvalue weighted by molar-refractivity contribution is 5.75. The van der Waals surface area contributed by atoms with Crippen molar-refractivity contribution in [1.29, 1.82) is 0 Å². The number of ether oxygens (including phenoxy) is 2. The zero-order chi connectivity index (χ0) is 11.2. The van der Waals surface area contributed by atoms with Crippen molar-refractivity contribution in [2.45, 2.75) is 38.8 Å². The van der Waals surface area contributed by atoms with Crippen LogP contribution in [0.15, 0.2) is 0 Å². The number of carbonyl (C=O) groups is 1. The number of esters is 1. The van der Waals surface area contributed by atoms with Gasteiger partial charge in [0.1, 0.15) is 6.04 Å². The second-order valence-electron chi connectivity index (χ2n) is 3.79. The lowest BCUT2D eigenvalue weighted by Crippen LogP contribution is -2.41. The molecule has 0 heterocycles. The molecule has 0 saturated carbocycles. The Labute approximate surface area is 86.0 Å². The van der Waals surface area contributed by atoms with Crippen LogP contribution >= 0.6 is 0 Å². The third kappa shape index (κ3) is 4.58. The van der Waals surface area contributed by atoms with Crippen LogP contribution < -0.4 is 5.32 Å². The van der Waals surface area contributed by atoms with Gasteiger partial charge in [0, 0.05) is 0 Å². The Balaban J connectivity index is 4.02. The molecule has 0 spiro atoms. The lowest BCUT2D eigenvalue weighted by molar-refractivity contribution is -0.146. The average molecular weight is 203 g/mol. The predicted molar refractivity (Wildman–Crippen MR) is 55.2 cm³/mol. The lowest BCUT2D eigenvalue weighted by Gasteiger charge is -2.25. The topological polar surface area (TPSA) is 47.6 Å². The first-order valence-corrected chi connectivity index (χ1v) is 4.86. The number of carbonyl (C=O) groups excluding carboxylic acids is 1. The van der Waals surface area contributed by atoms with E-state index >= 15 is 0 Å². The third-order valence-electron chi connectivity index (χ3n) is 2.33. The first-order valence-electron chi connectivity index (χ1n) is 4.86. The molecular weight excluding hydrogens is 182 g/mol. The third-order valence-corrected chi connectivity index (χ3v) is 2.33. The molecule has 0 aliphatic rings. The number of rotatable bonds is 6. The van der Waals surface area contributed by atoms with Gasteiger partial charge in [-0.3, -0.25) is 4.79 Å². The maximum atomic E-state index is 11.2. The molecule has 0 amide bonds. The molecule has 0 aromatic carbocycles. The number of likely N-dealkylation sites (N-methyl/N-ethyl adjacent to an activating group) is 1. The van der Waals surface area contributed by atoms with Gasteiger partial charge in [-0.2, -0.15) is 0 Å². The predicted octanol–water partition coefficient (Wildman–Crippen LogP) is 0.953. The van der Waals surface area contributed by atoms with E-state index in [0.29, 0.717) is 6.61 Å². The minimum atomic E-state index is -0.383. The standard InChI is InChI=1S/C10H21NO3/c1-6-10(2,3)14-7-8(11-4)9(12)13-5/h8,11H,6-7H2,1-5H3. The van der Waals surface area contributed by atoms with Crippen LogP contribution in [-0.4, -0.2) is 38.4 Å². The Hall–Kier alpha value is -0.610. The summed E-state index contributed by atoms with van der Waals surface area (Å²) in [5.74, 6) is -0.292. The van der Waals surface area contributed by atoms with E-state index in [2.05, 4.69) is 10.1 Å². The summed E-state index contributed by atoms with van der Waals surface area (Å²) >= 11 is 0. The summed E-state index contributed by atoms with van der Waals surface area (Å²) in [5, 5.41) is 2.85. The molecular formula is C10H21NO3. The molecule has 1 atom stereocenters. The first-order chi connectivity index (χ1) is 6.46. The fourth-order valence-electron chi connectivity index (χ4n) is 0.822. The molecule has 4 nitrogen and oxygen atoms in total. The molecule has 14 heavy (non-hydrogen) atoms. The van der Waals surface area contributed by atoms with Crippen LogP contribution in [0, 0.1) is 0 Å². The highest BCUT2D eigenvalue weighted by Crippen LogP contribution is 2.13. The van der Waals surface area contributed by atoms with Crippen molar-refractivity contribution >= 4 is 5.97 Å². The van der Waals surface area contributed by atoms with E-state index in [1.807, 2.05) is 20.8 Å². The Bertz CT molecular complexity index is 180. The normalized spacial score (nSPS) is 13.8.